The zero-order valence-electron chi connectivity index (χ0n) is 12.7. The van der Waals surface area contributed by atoms with Crippen LogP contribution in [-0.4, -0.2) is 55.0 Å². The van der Waals surface area contributed by atoms with Crippen LogP contribution < -0.4 is 0 Å². The number of carbonyl (C=O) groups is 1. The van der Waals surface area contributed by atoms with Gasteiger partial charge in [0, 0.05) is 6.42 Å². The largest absolute Gasteiger partial charge is 0.364 e. The summed E-state index contributed by atoms with van der Waals surface area (Å²) in [6.45, 7) is 1.000. The van der Waals surface area contributed by atoms with Crippen LogP contribution in [0.2, 0.25) is 0 Å². The molecule has 0 aromatic carbocycles. The molecular weight excluding hydrogens is 354 g/mol. The summed E-state index contributed by atoms with van der Waals surface area (Å²) in [5.41, 5.74) is -4.53. The molecule has 0 unspecified atom stereocenters. The van der Waals surface area contributed by atoms with Crippen LogP contribution in [-0.2, 0) is 11.3 Å². The van der Waals surface area contributed by atoms with Crippen LogP contribution in [0.15, 0.2) is 17.5 Å². The third kappa shape index (κ3) is 3.60. The van der Waals surface area contributed by atoms with E-state index in [1.807, 2.05) is 0 Å². The Kier molecular flexibility index (Phi) is 5.06. The van der Waals surface area contributed by atoms with Gasteiger partial charge in [0.1, 0.15) is 18.1 Å². The molecule has 2 heterocycles. The number of nitrogens with zero attached hydrogens (tertiary/aromatic N) is 5. The Bertz CT molecular complexity index is 709. The van der Waals surface area contributed by atoms with Crippen LogP contribution in [0, 0.1) is 16.0 Å². The fourth-order valence-corrected chi connectivity index (χ4v) is 2.24. The molecule has 1 aliphatic rings. The molecule has 0 saturated heterocycles. The van der Waals surface area contributed by atoms with Gasteiger partial charge in [-0.2, -0.15) is 15.2 Å². The first-order valence-electron chi connectivity index (χ1n) is 6.93. The Morgan fingerprint density at radius 3 is 2.60 bits per heavy atom. The second kappa shape index (κ2) is 6.74. The number of rotatable bonds is 6. The van der Waals surface area contributed by atoms with Crippen LogP contribution in [0.5, 0.6) is 0 Å². The maximum atomic E-state index is 13.1. The quantitative estimate of drug-likeness (QED) is 0.462. The summed E-state index contributed by atoms with van der Waals surface area (Å²) in [7, 11) is 0. The number of hydrogen-bond donors (Lipinski definition) is 1. The molecule has 2 rings (SSSR count). The number of halogens is 4. The van der Waals surface area contributed by atoms with Gasteiger partial charge in [0.2, 0.25) is 11.6 Å². The highest BCUT2D eigenvalue weighted by atomic mass is 19.3. The van der Waals surface area contributed by atoms with Crippen LogP contribution in [0.1, 0.15) is 13.3 Å². The summed E-state index contributed by atoms with van der Waals surface area (Å²) in [6.07, 6.45) is -5.95. The smallest absolute Gasteiger partial charge is 0.306 e. The number of amides is 1. The average Bonchev–Trinajstić information content (AvgIpc) is 3.12. The molecule has 0 saturated carbocycles. The monoisotopic (exact) mass is 367 g/mol. The van der Waals surface area contributed by atoms with Gasteiger partial charge in [0.05, 0.1) is 17.4 Å². The molecule has 0 bridgehead atoms. The highest BCUT2D eigenvalue weighted by molar-refractivity contribution is 5.93. The lowest BCUT2D eigenvalue weighted by Crippen LogP contribution is -2.53. The molecule has 1 aromatic heterocycles. The molecule has 0 fully saturated rings. The lowest BCUT2D eigenvalue weighted by Gasteiger charge is -2.31. The topological polar surface area (TPSA) is 114 Å². The van der Waals surface area contributed by atoms with Gasteiger partial charge in [-0.15, -0.1) is 0 Å². The third-order valence-corrected chi connectivity index (χ3v) is 3.56. The zero-order chi connectivity index (χ0) is 18.9. The van der Waals surface area contributed by atoms with Crippen molar-refractivity contribution in [2.45, 2.75) is 38.5 Å². The predicted octanol–water partition coefficient (Wildman–Crippen LogP) is 1.23. The molecule has 1 aromatic rings. The van der Waals surface area contributed by atoms with E-state index in [2.05, 4.69) is 10.2 Å². The summed E-state index contributed by atoms with van der Waals surface area (Å²) in [4.78, 5) is 22.1. The third-order valence-electron chi connectivity index (χ3n) is 3.56. The van der Waals surface area contributed by atoms with Gasteiger partial charge in [0.25, 0.3) is 12.9 Å². The molecule has 13 heteroatoms. The van der Waals surface area contributed by atoms with Crippen molar-refractivity contribution < 1.29 is 32.4 Å². The van der Waals surface area contributed by atoms with Crippen molar-refractivity contribution in [1.82, 2.24) is 14.8 Å². The summed E-state index contributed by atoms with van der Waals surface area (Å²) in [6, 6.07) is 0. The lowest BCUT2D eigenvalue weighted by molar-refractivity contribution is -0.385. The number of nitro groups is 1. The van der Waals surface area contributed by atoms with Crippen molar-refractivity contribution in [2.75, 3.05) is 0 Å². The van der Waals surface area contributed by atoms with E-state index in [0.717, 1.165) is 17.1 Å². The first-order chi connectivity index (χ1) is 11.6. The molecule has 2 atom stereocenters. The fraction of sp³-hybridized carbons (Fsp3) is 0.583. The highest BCUT2D eigenvalue weighted by Crippen LogP contribution is 2.34. The molecule has 1 amide bonds. The number of hydrazone groups is 1. The standard InChI is InChI=1S/C12H13F4N5O4/c1-6(4-19-5-7(3-17-19)21(24)25)10(22)20-12(23,11(15)16)2-8(18-20)9(13)14/h3,5-6,9,11,23H,2,4H2,1H3/t6-,12+/m1/s1. The van der Waals surface area contributed by atoms with Crippen LogP contribution in [0.4, 0.5) is 23.2 Å². The number of aliphatic hydroxyl groups is 1. The summed E-state index contributed by atoms with van der Waals surface area (Å²) < 4.78 is 52.6. The minimum absolute atomic E-state index is 0.0399. The van der Waals surface area contributed by atoms with E-state index in [1.165, 1.54) is 6.92 Å². The van der Waals surface area contributed by atoms with Gasteiger partial charge < -0.3 is 5.11 Å². The number of alkyl halides is 4. The zero-order valence-corrected chi connectivity index (χ0v) is 12.7. The van der Waals surface area contributed by atoms with Crippen molar-refractivity contribution in [3.05, 3.63) is 22.5 Å². The van der Waals surface area contributed by atoms with E-state index in [0.29, 0.717) is 0 Å². The lowest BCUT2D eigenvalue weighted by atomic mass is 10.1. The van der Waals surface area contributed by atoms with Gasteiger partial charge in [-0.25, -0.2) is 17.6 Å². The Morgan fingerprint density at radius 1 is 1.48 bits per heavy atom. The molecule has 0 radical (unpaired) electrons. The normalized spacial score (nSPS) is 21.8. The molecule has 1 aliphatic heterocycles. The van der Waals surface area contributed by atoms with Crippen LogP contribution in [0.3, 0.4) is 0 Å². The van der Waals surface area contributed by atoms with Gasteiger partial charge in [0.15, 0.2) is 0 Å². The maximum Gasteiger partial charge on any atom is 0.306 e. The Labute approximate surface area is 137 Å². The first kappa shape index (κ1) is 18.8. The molecular formula is C12H13F4N5O4. The van der Waals surface area contributed by atoms with E-state index >= 15 is 0 Å². The van der Waals surface area contributed by atoms with E-state index in [9.17, 15) is 37.6 Å². The molecule has 25 heavy (non-hydrogen) atoms. The molecule has 9 nitrogen and oxygen atoms in total. The summed E-state index contributed by atoms with van der Waals surface area (Å²) in [5, 5.41) is 27.2. The molecule has 138 valence electrons. The number of carbonyl (C=O) groups excluding carboxylic acids is 1. The Hall–Kier alpha value is -2.57. The Balaban J connectivity index is 2.19. The predicted molar refractivity (Wildman–Crippen MR) is 73.9 cm³/mol. The van der Waals surface area contributed by atoms with Gasteiger partial charge >= 0.3 is 5.69 Å². The summed E-state index contributed by atoms with van der Waals surface area (Å²) in [5.74, 6) is -2.26. The minimum Gasteiger partial charge on any atom is -0.364 e. The van der Waals surface area contributed by atoms with Gasteiger partial charge in [-0.05, 0) is 0 Å². The van der Waals surface area contributed by atoms with Gasteiger partial charge in [-0.3, -0.25) is 19.6 Å². The van der Waals surface area contributed by atoms with Crippen molar-refractivity contribution in [3.8, 4) is 0 Å². The minimum atomic E-state index is -3.52. The van der Waals surface area contributed by atoms with Gasteiger partial charge in [-0.1, -0.05) is 6.92 Å². The van der Waals surface area contributed by atoms with Crippen LogP contribution in [0.25, 0.3) is 0 Å². The van der Waals surface area contributed by atoms with E-state index in [-0.39, 0.29) is 17.2 Å². The molecule has 0 aliphatic carbocycles. The van der Waals surface area contributed by atoms with Crippen LogP contribution >= 0.6 is 0 Å². The summed E-state index contributed by atoms with van der Waals surface area (Å²) >= 11 is 0. The maximum absolute atomic E-state index is 13.1. The van der Waals surface area contributed by atoms with Crippen molar-refractivity contribution in [1.29, 1.82) is 0 Å². The Morgan fingerprint density at radius 2 is 2.12 bits per heavy atom. The second-order valence-electron chi connectivity index (χ2n) is 5.48. The van der Waals surface area contributed by atoms with Crippen molar-refractivity contribution in [3.63, 3.8) is 0 Å². The molecule has 1 N–H and O–H groups in total. The SMILES string of the molecule is C[C@H](Cn1cc([N+](=O)[O-])cn1)C(=O)N1N=C(C(F)F)C[C@]1(O)C(F)F. The number of hydrogen-bond acceptors (Lipinski definition) is 6. The van der Waals surface area contributed by atoms with E-state index < -0.39 is 47.5 Å². The van der Waals surface area contributed by atoms with E-state index in [1.54, 1.807) is 0 Å². The molecule has 0 spiro atoms. The average molecular weight is 367 g/mol. The highest BCUT2D eigenvalue weighted by Gasteiger charge is 2.53. The van der Waals surface area contributed by atoms with E-state index in [4.69, 9.17) is 0 Å². The number of aromatic nitrogens is 2. The first-order valence-corrected chi connectivity index (χ1v) is 6.93. The second-order valence-corrected chi connectivity index (χ2v) is 5.48. The van der Waals surface area contributed by atoms with Crippen molar-refractivity contribution in [2.24, 2.45) is 11.0 Å². The fourth-order valence-electron chi connectivity index (χ4n) is 2.24. The van der Waals surface area contributed by atoms with Crippen molar-refractivity contribution >= 4 is 17.3 Å².